The van der Waals surface area contributed by atoms with Crippen molar-refractivity contribution < 1.29 is 0 Å². The van der Waals surface area contributed by atoms with Crippen molar-refractivity contribution in [3.8, 4) is 0 Å². The molecule has 1 aromatic rings. The zero-order valence-corrected chi connectivity index (χ0v) is 10.1. The molecule has 86 valence electrons. The quantitative estimate of drug-likeness (QED) is 0.762. The number of aromatic nitrogens is 2. The van der Waals surface area contributed by atoms with Crippen molar-refractivity contribution in [1.82, 2.24) is 9.97 Å². The third kappa shape index (κ3) is 1.58. The molecule has 0 aromatic carbocycles. The fourth-order valence-corrected chi connectivity index (χ4v) is 2.99. The summed E-state index contributed by atoms with van der Waals surface area (Å²) in [6.07, 6.45) is 6.00. The van der Waals surface area contributed by atoms with Gasteiger partial charge in [-0.3, -0.25) is 0 Å². The number of hydrogen-bond acceptors (Lipinski definition) is 3. The van der Waals surface area contributed by atoms with Crippen LogP contribution in [0.5, 0.6) is 0 Å². The van der Waals surface area contributed by atoms with Gasteiger partial charge in [-0.2, -0.15) is 0 Å². The molecule has 2 heterocycles. The Hall–Kier alpha value is -1.12. The molecule has 0 amide bonds. The van der Waals surface area contributed by atoms with Crippen LogP contribution in [0, 0.1) is 5.92 Å². The van der Waals surface area contributed by atoms with Crippen LogP contribution in [-0.4, -0.2) is 22.6 Å². The van der Waals surface area contributed by atoms with Crippen LogP contribution in [-0.2, 0) is 0 Å². The lowest BCUT2D eigenvalue weighted by molar-refractivity contribution is 0.545. The van der Waals surface area contributed by atoms with Crippen LogP contribution in [0.3, 0.4) is 0 Å². The largest absolute Gasteiger partial charge is 0.338 e. The second kappa shape index (κ2) is 3.72. The lowest BCUT2D eigenvalue weighted by Gasteiger charge is -2.27. The third-order valence-corrected chi connectivity index (χ3v) is 3.92. The Kier molecular flexibility index (Phi) is 2.34. The van der Waals surface area contributed by atoms with E-state index in [9.17, 15) is 0 Å². The second-order valence-corrected chi connectivity index (χ2v) is 5.42. The Morgan fingerprint density at radius 2 is 2.25 bits per heavy atom. The van der Waals surface area contributed by atoms with Crippen molar-refractivity contribution in [3.63, 3.8) is 0 Å². The van der Waals surface area contributed by atoms with Gasteiger partial charge in [0.1, 0.15) is 0 Å². The van der Waals surface area contributed by atoms with E-state index in [1.165, 1.54) is 25.8 Å². The standard InChI is InChI=1S/C13H19N3/c1-9(2)12-5-6-14-13(15-12)16-8-10-3-4-11(16)7-10/h5-6,9-11H,3-4,7-8H2,1-2H3/t10-,11+/m1/s1. The Balaban J connectivity index is 1.86. The van der Waals surface area contributed by atoms with Crippen LogP contribution in [0.4, 0.5) is 5.95 Å². The number of piperidine rings is 1. The summed E-state index contributed by atoms with van der Waals surface area (Å²) in [5.74, 6) is 2.34. The van der Waals surface area contributed by atoms with E-state index in [2.05, 4.69) is 28.7 Å². The highest BCUT2D eigenvalue weighted by Gasteiger charge is 2.38. The van der Waals surface area contributed by atoms with Gasteiger partial charge in [-0.25, -0.2) is 9.97 Å². The minimum absolute atomic E-state index is 0.488. The first-order valence-corrected chi connectivity index (χ1v) is 6.33. The van der Waals surface area contributed by atoms with E-state index in [0.717, 1.165) is 17.6 Å². The van der Waals surface area contributed by atoms with Crippen molar-refractivity contribution in [3.05, 3.63) is 18.0 Å². The number of anilines is 1. The number of hydrogen-bond donors (Lipinski definition) is 0. The summed E-state index contributed by atoms with van der Waals surface area (Å²) >= 11 is 0. The molecule has 1 saturated carbocycles. The zero-order chi connectivity index (χ0) is 11.1. The summed E-state index contributed by atoms with van der Waals surface area (Å²) in [6.45, 7) is 5.54. The van der Waals surface area contributed by atoms with Gasteiger partial charge in [-0.05, 0) is 37.2 Å². The van der Waals surface area contributed by atoms with Crippen molar-refractivity contribution in [1.29, 1.82) is 0 Å². The predicted octanol–water partition coefficient (Wildman–Crippen LogP) is 2.59. The predicted molar refractivity (Wildman–Crippen MR) is 64.6 cm³/mol. The van der Waals surface area contributed by atoms with Gasteiger partial charge >= 0.3 is 0 Å². The molecule has 2 bridgehead atoms. The van der Waals surface area contributed by atoms with E-state index < -0.39 is 0 Å². The molecule has 1 aliphatic carbocycles. The molecule has 1 aromatic heterocycles. The van der Waals surface area contributed by atoms with E-state index >= 15 is 0 Å². The number of fused-ring (bicyclic) bond motifs is 2. The lowest BCUT2D eigenvalue weighted by Crippen LogP contribution is -2.33. The van der Waals surface area contributed by atoms with Crippen LogP contribution in [0.2, 0.25) is 0 Å². The van der Waals surface area contributed by atoms with Gasteiger partial charge in [0.2, 0.25) is 5.95 Å². The van der Waals surface area contributed by atoms with Crippen LogP contribution in [0.25, 0.3) is 0 Å². The summed E-state index contributed by atoms with van der Waals surface area (Å²) in [7, 11) is 0. The molecular formula is C13H19N3. The minimum Gasteiger partial charge on any atom is -0.338 e. The van der Waals surface area contributed by atoms with Crippen LogP contribution in [0.15, 0.2) is 12.3 Å². The molecule has 2 atom stereocenters. The molecule has 2 fully saturated rings. The molecule has 3 rings (SSSR count). The Morgan fingerprint density at radius 3 is 2.88 bits per heavy atom. The lowest BCUT2D eigenvalue weighted by atomic mass is 10.1. The van der Waals surface area contributed by atoms with Crippen molar-refractivity contribution >= 4 is 5.95 Å². The number of nitrogens with zero attached hydrogens (tertiary/aromatic N) is 3. The van der Waals surface area contributed by atoms with Gasteiger partial charge < -0.3 is 4.90 Å². The maximum Gasteiger partial charge on any atom is 0.225 e. The molecule has 0 radical (unpaired) electrons. The van der Waals surface area contributed by atoms with Crippen LogP contribution >= 0.6 is 0 Å². The maximum atomic E-state index is 4.69. The molecule has 3 nitrogen and oxygen atoms in total. The zero-order valence-electron chi connectivity index (χ0n) is 10.1. The Labute approximate surface area is 96.9 Å². The Morgan fingerprint density at radius 1 is 1.38 bits per heavy atom. The van der Waals surface area contributed by atoms with Gasteiger partial charge in [-0.1, -0.05) is 13.8 Å². The summed E-state index contributed by atoms with van der Waals surface area (Å²) in [6, 6.07) is 2.75. The molecule has 0 unspecified atom stereocenters. The molecule has 2 aliphatic rings. The van der Waals surface area contributed by atoms with Crippen molar-refractivity contribution in [2.45, 2.75) is 45.1 Å². The van der Waals surface area contributed by atoms with E-state index in [-0.39, 0.29) is 0 Å². The topological polar surface area (TPSA) is 29.0 Å². The molecule has 16 heavy (non-hydrogen) atoms. The van der Waals surface area contributed by atoms with Gasteiger partial charge in [0.05, 0.1) is 0 Å². The van der Waals surface area contributed by atoms with E-state index in [1.807, 2.05) is 12.3 Å². The smallest absolute Gasteiger partial charge is 0.225 e. The highest BCUT2D eigenvalue weighted by molar-refractivity contribution is 5.36. The Bertz CT molecular complexity index is 389. The first-order valence-electron chi connectivity index (χ1n) is 6.33. The first-order chi connectivity index (χ1) is 7.74. The SMILES string of the molecule is CC(C)c1ccnc(N2C[C@@H]3CC[C@H]2C3)n1. The fraction of sp³-hybridized carbons (Fsp3) is 0.692. The third-order valence-electron chi connectivity index (χ3n) is 3.92. The van der Waals surface area contributed by atoms with E-state index in [0.29, 0.717) is 12.0 Å². The van der Waals surface area contributed by atoms with Gasteiger partial charge in [0.25, 0.3) is 0 Å². The monoisotopic (exact) mass is 217 g/mol. The van der Waals surface area contributed by atoms with Gasteiger partial charge in [0, 0.05) is 24.5 Å². The molecular weight excluding hydrogens is 198 g/mol. The fourth-order valence-electron chi connectivity index (χ4n) is 2.99. The number of rotatable bonds is 2. The molecule has 0 spiro atoms. The highest BCUT2D eigenvalue weighted by Crippen LogP contribution is 2.38. The molecule has 1 saturated heterocycles. The minimum atomic E-state index is 0.488. The molecule has 1 aliphatic heterocycles. The van der Waals surface area contributed by atoms with Crippen molar-refractivity contribution in [2.75, 3.05) is 11.4 Å². The maximum absolute atomic E-state index is 4.69. The second-order valence-electron chi connectivity index (χ2n) is 5.42. The van der Waals surface area contributed by atoms with Gasteiger partial charge in [0.15, 0.2) is 0 Å². The first kappa shape index (κ1) is 10.1. The van der Waals surface area contributed by atoms with E-state index in [4.69, 9.17) is 0 Å². The van der Waals surface area contributed by atoms with E-state index in [1.54, 1.807) is 0 Å². The van der Waals surface area contributed by atoms with Crippen LogP contribution < -0.4 is 4.90 Å². The average molecular weight is 217 g/mol. The average Bonchev–Trinajstić information content (AvgIpc) is 2.91. The highest BCUT2D eigenvalue weighted by atomic mass is 15.3. The summed E-state index contributed by atoms with van der Waals surface area (Å²) in [5, 5.41) is 0. The normalized spacial score (nSPS) is 28.1. The van der Waals surface area contributed by atoms with Crippen molar-refractivity contribution in [2.24, 2.45) is 5.92 Å². The molecule has 3 heteroatoms. The van der Waals surface area contributed by atoms with Crippen LogP contribution in [0.1, 0.15) is 44.7 Å². The summed E-state index contributed by atoms with van der Waals surface area (Å²) < 4.78 is 0. The molecule has 0 N–H and O–H groups in total. The van der Waals surface area contributed by atoms with Gasteiger partial charge in [-0.15, -0.1) is 0 Å². The summed E-state index contributed by atoms with van der Waals surface area (Å²) in [5.41, 5.74) is 1.16. The summed E-state index contributed by atoms with van der Waals surface area (Å²) in [4.78, 5) is 11.5.